The first-order valence-corrected chi connectivity index (χ1v) is 6.32. The Balaban J connectivity index is 2.16. The Hall–Kier alpha value is -1.55. The van der Waals surface area contributed by atoms with Crippen LogP contribution in [0.25, 0.3) is 0 Å². The van der Waals surface area contributed by atoms with Crippen LogP contribution < -0.4 is 4.90 Å². The van der Waals surface area contributed by atoms with Crippen molar-refractivity contribution in [3.05, 3.63) is 29.8 Å². The fraction of sp³-hybridized carbons (Fsp3) is 0.500. The maximum Gasteiger partial charge on any atom is 0.306 e. The summed E-state index contributed by atoms with van der Waals surface area (Å²) in [7, 11) is 0. The molecule has 1 saturated heterocycles. The number of morpholine rings is 1. The largest absolute Gasteiger partial charge is 0.481 e. The lowest BCUT2D eigenvalue weighted by Gasteiger charge is -2.31. The first-order valence-electron chi connectivity index (χ1n) is 6.32. The molecule has 4 heteroatoms. The summed E-state index contributed by atoms with van der Waals surface area (Å²) in [4.78, 5) is 13.2. The second kappa shape index (κ2) is 5.87. The van der Waals surface area contributed by atoms with Gasteiger partial charge >= 0.3 is 5.97 Å². The van der Waals surface area contributed by atoms with Crippen molar-refractivity contribution in [2.45, 2.75) is 13.3 Å². The summed E-state index contributed by atoms with van der Waals surface area (Å²) in [5, 5.41) is 9.01. The smallest absolute Gasteiger partial charge is 0.306 e. The van der Waals surface area contributed by atoms with Crippen molar-refractivity contribution in [3.8, 4) is 0 Å². The van der Waals surface area contributed by atoms with Crippen LogP contribution in [0.5, 0.6) is 0 Å². The second-order valence-corrected chi connectivity index (χ2v) is 4.67. The van der Waals surface area contributed by atoms with Crippen LogP contribution in [0, 0.1) is 5.92 Å². The van der Waals surface area contributed by atoms with Crippen LogP contribution in [0.1, 0.15) is 12.5 Å². The maximum atomic E-state index is 11.0. The summed E-state index contributed by atoms with van der Waals surface area (Å²) in [5.74, 6) is -1.10. The first-order chi connectivity index (χ1) is 8.68. The van der Waals surface area contributed by atoms with E-state index in [1.165, 1.54) is 0 Å². The molecule has 18 heavy (non-hydrogen) atoms. The lowest BCUT2D eigenvalue weighted by Crippen LogP contribution is -2.36. The average molecular weight is 249 g/mol. The van der Waals surface area contributed by atoms with Crippen LogP contribution >= 0.6 is 0 Å². The number of benzene rings is 1. The van der Waals surface area contributed by atoms with E-state index in [9.17, 15) is 4.79 Å². The highest BCUT2D eigenvalue weighted by atomic mass is 16.5. The summed E-state index contributed by atoms with van der Waals surface area (Å²) in [6.45, 7) is 4.97. The Morgan fingerprint density at radius 1 is 1.39 bits per heavy atom. The molecule has 1 unspecified atom stereocenters. The van der Waals surface area contributed by atoms with E-state index in [2.05, 4.69) is 11.0 Å². The number of rotatable bonds is 4. The van der Waals surface area contributed by atoms with Crippen LogP contribution in [-0.2, 0) is 16.0 Å². The molecule has 1 fully saturated rings. The van der Waals surface area contributed by atoms with E-state index >= 15 is 0 Å². The number of carboxylic acid groups (broad SMARTS) is 1. The molecule has 1 atom stereocenters. The summed E-state index contributed by atoms with van der Waals surface area (Å²) in [5.41, 5.74) is 2.25. The topological polar surface area (TPSA) is 49.8 Å². The Bertz CT molecular complexity index is 413. The molecule has 4 nitrogen and oxygen atoms in total. The van der Waals surface area contributed by atoms with Gasteiger partial charge in [0.05, 0.1) is 19.1 Å². The van der Waals surface area contributed by atoms with E-state index in [0.29, 0.717) is 6.42 Å². The zero-order valence-electron chi connectivity index (χ0n) is 10.6. The Labute approximate surface area is 107 Å². The standard InChI is InChI=1S/C14H19NO3/c1-11(14(16)17)10-12-4-2-3-5-13(12)15-6-8-18-9-7-15/h2-5,11H,6-10H2,1H3,(H,16,17). The van der Waals surface area contributed by atoms with Gasteiger partial charge in [-0.25, -0.2) is 0 Å². The third-order valence-corrected chi connectivity index (χ3v) is 3.29. The molecule has 98 valence electrons. The highest BCUT2D eigenvalue weighted by Gasteiger charge is 2.18. The number of carboxylic acids is 1. The van der Waals surface area contributed by atoms with Crippen molar-refractivity contribution in [1.29, 1.82) is 0 Å². The quantitative estimate of drug-likeness (QED) is 0.883. The van der Waals surface area contributed by atoms with Crippen molar-refractivity contribution in [2.75, 3.05) is 31.2 Å². The van der Waals surface area contributed by atoms with E-state index in [1.807, 2.05) is 18.2 Å². The van der Waals surface area contributed by atoms with E-state index in [1.54, 1.807) is 6.92 Å². The van der Waals surface area contributed by atoms with Crippen LogP contribution in [0.4, 0.5) is 5.69 Å². The van der Waals surface area contributed by atoms with Crippen LogP contribution in [0.2, 0.25) is 0 Å². The van der Waals surface area contributed by atoms with Crippen molar-refractivity contribution >= 4 is 11.7 Å². The molecule has 1 aromatic carbocycles. The third-order valence-electron chi connectivity index (χ3n) is 3.29. The maximum absolute atomic E-state index is 11.0. The minimum Gasteiger partial charge on any atom is -0.481 e. The van der Waals surface area contributed by atoms with Crippen molar-refractivity contribution in [1.82, 2.24) is 0 Å². The van der Waals surface area contributed by atoms with Crippen LogP contribution in [-0.4, -0.2) is 37.4 Å². The average Bonchev–Trinajstić information content (AvgIpc) is 2.40. The SMILES string of the molecule is CC(Cc1ccccc1N1CCOCC1)C(=O)O. The van der Waals surface area contributed by atoms with Gasteiger partial charge in [0.25, 0.3) is 0 Å². The monoisotopic (exact) mass is 249 g/mol. The van der Waals surface area contributed by atoms with Crippen molar-refractivity contribution in [2.24, 2.45) is 5.92 Å². The Morgan fingerprint density at radius 3 is 2.72 bits per heavy atom. The molecule has 1 aliphatic heterocycles. The van der Waals surface area contributed by atoms with Gasteiger partial charge in [-0.15, -0.1) is 0 Å². The van der Waals surface area contributed by atoms with E-state index < -0.39 is 5.97 Å². The molecule has 0 aliphatic carbocycles. The van der Waals surface area contributed by atoms with E-state index in [0.717, 1.165) is 37.6 Å². The van der Waals surface area contributed by atoms with E-state index in [4.69, 9.17) is 9.84 Å². The number of anilines is 1. The number of nitrogens with zero attached hydrogens (tertiary/aromatic N) is 1. The molecule has 1 aromatic rings. The number of aliphatic carboxylic acids is 1. The number of hydrogen-bond donors (Lipinski definition) is 1. The lowest BCUT2D eigenvalue weighted by molar-refractivity contribution is -0.141. The summed E-state index contributed by atoms with van der Waals surface area (Å²) in [6, 6.07) is 8.05. The number of carbonyl (C=O) groups is 1. The number of hydrogen-bond acceptors (Lipinski definition) is 3. The molecule has 0 spiro atoms. The highest BCUT2D eigenvalue weighted by Crippen LogP contribution is 2.24. The molecule has 1 N–H and O–H groups in total. The Kier molecular flexibility index (Phi) is 4.20. The van der Waals surface area contributed by atoms with Crippen LogP contribution in [0.15, 0.2) is 24.3 Å². The van der Waals surface area contributed by atoms with Crippen molar-refractivity contribution < 1.29 is 14.6 Å². The van der Waals surface area contributed by atoms with Gasteiger partial charge in [-0.1, -0.05) is 25.1 Å². The summed E-state index contributed by atoms with van der Waals surface area (Å²) >= 11 is 0. The summed E-state index contributed by atoms with van der Waals surface area (Å²) in [6.07, 6.45) is 0.572. The normalized spacial score (nSPS) is 17.5. The number of para-hydroxylation sites is 1. The molecular weight excluding hydrogens is 230 g/mol. The van der Waals surface area contributed by atoms with Crippen LogP contribution in [0.3, 0.4) is 0 Å². The lowest BCUT2D eigenvalue weighted by atomic mass is 9.99. The summed E-state index contributed by atoms with van der Waals surface area (Å²) < 4.78 is 5.34. The zero-order chi connectivity index (χ0) is 13.0. The van der Waals surface area contributed by atoms with Gasteiger partial charge in [0, 0.05) is 18.8 Å². The molecule has 1 heterocycles. The van der Waals surface area contributed by atoms with Gasteiger partial charge in [-0.2, -0.15) is 0 Å². The minimum absolute atomic E-state index is 0.354. The van der Waals surface area contributed by atoms with E-state index in [-0.39, 0.29) is 5.92 Å². The zero-order valence-corrected chi connectivity index (χ0v) is 10.6. The fourth-order valence-corrected chi connectivity index (χ4v) is 2.21. The van der Waals surface area contributed by atoms with Gasteiger partial charge in [-0.05, 0) is 18.1 Å². The molecule has 0 amide bonds. The first kappa shape index (κ1) is 12.9. The molecule has 0 aromatic heterocycles. The predicted octanol–water partition coefficient (Wildman–Crippen LogP) is 1.79. The van der Waals surface area contributed by atoms with Gasteiger partial charge in [0.15, 0.2) is 0 Å². The predicted molar refractivity (Wildman–Crippen MR) is 70.0 cm³/mol. The molecule has 0 radical (unpaired) electrons. The van der Waals surface area contributed by atoms with Gasteiger partial charge in [0.2, 0.25) is 0 Å². The number of ether oxygens (including phenoxy) is 1. The van der Waals surface area contributed by atoms with Gasteiger partial charge in [-0.3, -0.25) is 4.79 Å². The highest BCUT2D eigenvalue weighted by molar-refractivity contribution is 5.70. The molecule has 0 bridgehead atoms. The second-order valence-electron chi connectivity index (χ2n) is 4.67. The fourth-order valence-electron chi connectivity index (χ4n) is 2.21. The molecule has 0 saturated carbocycles. The van der Waals surface area contributed by atoms with Crippen molar-refractivity contribution in [3.63, 3.8) is 0 Å². The molecule has 2 rings (SSSR count). The Morgan fingerprint density at radius 2 is 2.06 bits per heavy atom. The van der Waals surface area contributed by atoms with Gasteiger partial charge in [0.1, 0.15) is 0 Å². The third kappa shape index (κ3) is 3.01. The van der Waals surface area contributed by atoms with Gasteiger partial charge < -0.3 is 14.7 Å². The molecule has 1 aliphatic rings. The molecular formula is C14H19NO3. The minimum atomic E-state index is -0.744.